The fourth-order valence-electron chi connectivity index (χ4n) is 9.27. The molecule has 4 heteroatoms. The highest BCUT2D eigenvalue weighted by atomic mass is 16.5. The number of carbonyl (C=O) groups is 2. The van der Waals surface area contributed by atoms with Crippen LogP contribution < -0.4 is 9.47 Å². The summed E-state index contributed by atoms with van der Waals surface area (Å²) >= 11 is 0. The molecule has 7 rings (SSSR count). The maximum Gasteiger partial charge on any atom is 0.150 e. The lowest BCUT2D eigenvalue weighted by Gasteiger charge is -2.19. The molecule has 0 amide bonds. The Morgan fingerprint density at radius 1 is 0.500 bits per heavy atom. The van der Waals surface area contributed by atoms with Crippen molar-refractivity contribution >= 4 is 12.6 Å². The molecule has 0 N–H and O–H groups in total. The van der Waals surface area contributed by atoms with Gasteiger partial charge in [0.05, 0.1) is 13.2 Å². The molecule has 0 saturated heterocycles. The first-order valence-corrected chi connectivity index (χ1v) is 19.6. The van der Waals surface area contributed by atoms with Crippen molar-refractivity contribution in [1.82, 2.24) is 0 Å². The van der Waals surface area contributed by atoms with Crippen LogP contribution in [-0.2, 0) is 0 Å². The van der Waals surface area contributed by atoms with E-state index in [1.165, 1.54) is 77.0 Å². The average Bonchev–Trinajstić information content (AvgIpc) is 3.98. The average molecular weight is 671 g/mol. The van der Waals surface area contributed by atoms with E-state index in [1.807, 2.05) is 48.5 Å². The minimum Gasteiger partial charge on any atom is -0.493 e. The molecule has 3 aromatic rings. The third-order valence-electron chi connectivity index (χ3n) is 12.1. The van der Waals surface area contributed by atoms with Gasteiger partial charge in [-0.25, -0.2) is 0 Å². The normalized spacial score (nSPS) is 24.2. The van der Waals surface area contributed by atoms with Gasteiger partial charge in [0, 0.05) is 22.3 Å². The van der Waals surface area contributed by atoms with Gasteiger partial charge in [-0.05, 0) is 110 Å². The van der Waals surface area contributed by atoms with Gasteiger partial charge in [0.1, 0.15) is 24.1 Å². The Kier molecular flexibility index (Phi) is 11.6. The highest BCUT2D eigenvalue weighted by molar-refractivity contribution is 5.84. The molecule has 4 aliphatic carbocycles. The molecule has 0 aliphatic heterocycles. The quantitative estimate of drug-likeness (QED) is 0.0682. The zero-order chi connectivity index (χ0) is 34.1. The number of unbranched alkanes of at least 4 members (excludes halogenated alkanes) is 6. The van der Waals surface area contributed by atoms with E-state index in [-0.39, 0.29) is 0 Å². The number of fused-ring (bicyclic) bond motifs is 4. The fourth-order valence-corrected chi connectivity index (χ4v) is 9.27. The number of allylic oxidation sites excluding steroid dienone is 4. The largest absolute Gasteiger partial charge is 0.493 e. The van der Waals surface area contributed by atoms with Crippen LogP contribution in [-0.4, -0.2) is 25.8 Å². The molecular weight excluding hydrogens is 617 g/mol. The summed E-state index contributed by atoms with van der Waals surface area (Å²) in [7, 11) is 0. The number of benzene rings is 3. The molecule has 0 aromatic heterocycles. The second-order valence-electron chi connectivity index (χ2n) is 15.5. The fraction of sp³-hybridized carbons (Fsp3) is 0.478. The van der Waals surface area contributed by atoms with E-state index < -0.39 is 0 Å². The van der Waals surface area contributed by atoms with E-state index in [2.05, 4.69) is 36.4 Å². The summed E-state index contributed by atoms with van der Waals surface area (Å²) in [6.45, 7) is 1.30. The molecule has 50 heavy (non-hydrogen) atoms. The van der Waals surface area contributed by atoms with E-state index in [9.17, 15) is 9.59 Å². The van der Waals surface area contributed by atoms with Crippen molar-refractivity contribution in [3.63, 3.8) is 0 Å². The predicted molar refractivity (Wildman–Crippen MR) is 203 cm³/mol. The molecule has 0 heterocycles. The van der Waals surface area contributed by atoms with Gasteiger partial charge in [-0.2, -0.15) is 0 Å². The Hall–Kier alpha value is -3.92. The first-order chi connectivity index (χ1) is 24.7. The van der Waals surface area contributed by atoms with Crippen molar-refractivity contribution in [1.29, 1.82) is 0 Å². The van der Waals surface area contributed by atoms with Crippen molar-refractivity contribution in [3.05, 3.63) is 96.1 Å². The lowest BCUT2D eigenvalue weighted by atomic mass is 9.88. The standard InChI is InChI=1S/C46H54O4/c47-31-33-11-17-37(18-12-33)43-30-46(50-24-8-4-2-6-10-40-26-36-16-22-42(40)28-36)44(38-19-13-34(32-48)14-20-38)29-45(43)49-23-7-3-1-5-9-39-25-35-15-21-41(39)27-35/h11-22,29-32,35-36,39-42H,1-10,23-28H2. The van der Waals surface area contributed by atoms with Crippen LogP contribution in [0.5, 0.6) is 11.5 Å². The van der Waals surface area contributed by atoms with Crippen LogP contribution in [0.2, 0.25) is 0 Å². The maximum absolute atomic E-state index is 11.4. The van der Waals surface area contributed by atoms with Gasteiger partial charge >= 0.3 is 0 Å². The Labute approximate surface area is 299 Å². The molecular formula is C46H54O4. The summed E-state index contributed by atoms with van der Waals surface area (Å²) in [5, 5.41) is 0. The topological polar surface area (TPSA) is 52.6 Å². The minimum atomic E-state index is 0.651. The number of hydrogen-bond acceptors (Lipinski definition) is 4. The zero-order valence-electron chi connectivity index (χ0n) is 29.6. The van der Waals surface area contributed by atoms with Crippen molar-refractivity contribution < 1.29 is 19.1 Å². The summed E-state index contributed by atoms with van der Waals surface area (Å²) in [6, 6.07) is 19.6. The lowest BCUT2D eigenvalue weighted by molar-refractivity contribution is 0.111. The smallest absolute Gasteiger partial charge is 0.150 e. The summed E-state index contributed by atoms with van der Waals surface area (Å²) in [5.74, 6) is 6.85. The molecule has 262 valence electrons. The van der Waals surface area contributed by atoms with Crippen molar-refractivity contribution in [2.45, 2.75) is 89.9 Å². The van der Waals surface area contributed by atoms with Crippen molar-refractivity contribution in [2.75, 3.05) is 13.2 Å². The molecule has 4 bridgehead atoms. The number of hydrogen-bond donors (Lipinski definition) is 0. The van der Waals surface area contributed by atoms with Crippen LogP contribution in [0.1, 0.15) is 111 Å². The summed E-state index contributed by atoms with van der Waals surface area (Å²) in [5.41, 5.74) is 5.23. The predicted octanol–water partition coefficient (Wildman–Crippen LogP) is 11.7. The Balaban J connectivity index is 0.995. The highest BCUT2D eigenvalue weighted by Gasteiger charge is 2.35. The molecule has 3 aromatic carbocycles. The van der Waals surface area contributed by atoms with Crippen LogP contribution in [0, 0.1) is 35.5 Å². The van der Waals surface area contributed by atoms with E-state index in [0.717, 1.165) is 94.7 Å². The van der Waals surface area contributed by atoms with Gasteiger partial charge in [-0.1, -0.05) is 111 Å². The third kappa shape index (κ3) is 8.50. The van der Waals surface area contributed by atoms with Gasteiger partial charge in [-0.15, -0.1) is 0 Å². The number of carbonyl (C=O) groups excluding carboxylic acids is 2. The van der Waals surface area contributed by atoms with Gasteiger partial charge in [0.25, 0.3) is 0 Å². The monoisotopic (exact) mass is 670 g/mol. The maximum atomic E-state index is 11.4. The summed E-state index contributed by atoms with van der Waals surface area (Å²) in [4.78, 5) is 22.8. The van der Waals surface area contributed by atoms with Crippen LogP contribution in [0.4, 0.5) is 0 Å². The molecule has 6 atom stereocenters. The molecule has 4 nitrogen and oxygen atoms in total. The highest BCUT2D eigenvalue weighted by Crippen LogP contribution is 2.47. The lowest BCUT2D eigenvalue weighted by Crippen LogP contribution is -2.06. The van der Waals surface area contributed by atoms with Gasteiger partial charge in [-0.3, -0.25) is 9.59 Å². The van der Waals surface area contributed by atoms with Crippen LogP contribution in [0.25, 0.3) is 22.3 Å². The molecule has 0 radical (unpaired) electrons. The number of aldehydes is 2. The van der Waals surface area contributed by atoms with Gasteiger partial charge < -0.3 is 9.47 Å². The van der Waals surface area contributed by atoms with Crippen LogP contribution in [0.15, 0.2) is 85.0 Å². The third-order valence-corrected chi connectivity index (χ3v) is 12.1. The summed E-state index contributed by atoms with van der Waals surface area (Å²) < 4.78 is 13.1. The number of ether oxygens (including phenoxy) is 2. The van der Waals surface area contributed by atoms with Gasteiger partial charge in [0.15, 0.2) is 0 Å². The Bertz CT molecular complexity index is 1510. The van der Waals surface area contributed by atoms with Crippen molar-refractivity contribution in [2.24, 2.45) is 35.5 Å². The van der Waals surface area contributed by atoms with Gasteiger partial charge in [0.2, 0.25) is 0 Å². The zero-order valence-corrected chi connectivity index (χ0v) is 29.6. The second-order valence-corrected chi connectivity index (χ2v) is 15.5. The van der Waals surface area contributed by atoms with Crippen LogP contribution >= 0.6 is 0 Å². The second kappa shape index (κ2) is 16.9. The molecule has 6 unspecified atom stereocenters. The Morgan fingerprint density at radius 3 is 1.28 bits per heavy atom. The summed E-state index contributed by atoms with van der Waals surface area (Å²) in [6.07, 6.45) is 29.4. The first kappa shape index (κ1) is 34.5. The SMILES string of the molecule is O=Cc1ccc(-c2cc(OCCCCCCC3CC4C=CC3C4)c(-c3ccc(C=O)cc3)cc2OCCCCCCC2CC3C=CC2C3)cc1. The minimum absolute atomic E-state index is 0.651. The molecule has 0 spiro atoms. The van der Waals surface area contributed by atoms with E-state index in [1.54, 1.807) is 0 Å². The van der Waals surface area contributed by atoms with Crippen molar-refractivity contribution in [3.8, 4) is 33.8 Å². The van der Waals surface area contributed by atoms with E-state index in [4.69, 9.17) is 9.47 Å². The van der Waals surface area contributed by atoms with E-state index in [0.29, 0.717) is 24.3 Å². The molecule has 2 fully saturated rings. The first-order valence-electron chi connectivity index (χ1n) is 19.6. The van der Waals surface area contributed by atoms with Crippen LogP contribution in [0.3, 0.4) is 0 Å². The molecule has 4 aliphatic rings. The molecule has 2 saturated carbocycles. The van der Waals surface area contributed by atoms with E-state index >= 15 is 0 Å². The Morgan fingerprint density at radius 2 is 0.920 bits per heavy atom. The number of rotatable bonds is 20.